The van der Waals surface area contributed by atoms with Crippen LogP contribution in [-0.2, 0) is 4.79 Å². The van der Waals surface area contributed by atoms with Crippen molar-refractivity contribution in [2.24, 2.45) is 0 Å². The summed E-state index contributed by atoms with van der Waals surface area (Å²) in [6.07, 6.45) is 4.80. The minimum Gasteiger partial charge on any atom is -0.497 e. The minimum absolute atomic E-state index is 0.252. The van der Waals surface area contributed by atoms with Crippen LogP contribution in [0.3, 0.4) is 0 Å². The van der Waals surface area contributed by atoms with E-state index < -0.39 is 0 Å². The van der Waals surface area contributed by atoms with E-state index in [1.54, 1.807) is 32.6 Å². The molecule has 0 saturated carbocycles. The number of hydrogen-bond donors (Lipinski definition) is 1. The van der Waals surface area contributed by atoms with Crippen LogP contribution in [0.2, 0.25) is 0 Å². The van der Waals surface area contributed by atoms with Gasteiger partial charge in [-0.3, -0.25) is 10.1 Å². The van der Waals surface area contributed by atoms with E-state index in [0.717, 1.165) is 16.3 Å². The van der Waals surface area contributed by atoms with Crippen molar-refractivity contribution in [2.75, 3.05) is 19.5 Å². The van der Waals surface area contributed by atoms with Gasteiger partial charge in [0.25, 0.3) is 0 Å². The Morgan fingerprint density at radius 1 is 1.24 bits per heavy atom. The molecule has 2 aromatic heterocycles. The third kappa shape index (κ3) is 4.23. The van der Waals surface area contributed by atoms with Gasteiger partial charge in [0.1, 0.15) is 16.5 Å². The van der Waals surface area contributed by atoms with E-state index in [2.05, 4.69) is 15.3 Å². The molecule has 0 unspecified atom stereocenters. The summed E-state index contributed by atoms with van der Waals surface area (Å²) in [5, 5.41) is 7.76. The van der Waals surface area contributed by atoms with Gasteiger partial charge in [-0.25, -0.2) is 9.97 Å². The maximum Gasteiger partial charge on any atom is 0.250 e. The third-order valence-corrected chi connectivity index (χ3v) is 4.75. The zero-order chi connectivity index (χ0) is 17.6. The lowest BCUT2D eigenvalue weighted by atomic mass is 10.1. The standard InChI is InChI=1S/C17H15N3O3S2/c1-22-11-3-4-12(14(9-11)23-2)13-10-25-17(19-13)20-15(21)5-6-16-18-7-8-24-16/h3-10H,1-2H3,(H,19,20,21)/b6-5+. The fraction of sp³-hybridized carbons (Fsp3) is 0.118. The second-order valence-electron chi connectivity index (χ2n) is 4.80. The predicted octanol–water partition coefficient (Wildman–Crippen LogP) is 3.94. The average Bonchev–Trinajstić information content (AvgIpc) is 3.31. The first kappa shape index (κ1) is 17.1. The Morgan fingerprint density at radius 3 is 2.84 bits per heavy atom. The summed E-state index contributed by atoms with van der Waals surface area (Å²) in [6.45, 7) is 0. The van der Waals surface area contributed by atoms with Gasteiger partial charge in [0.15, 0.2) is 5.13 Å². The average molecular weight is 373 g/mol. The van der Waals surface area contributed by atoms with Crippen molar-refractivity contribution in [1.29, 1.82) is 0 Å². The highest BCUT2D eigenvalue weighted by Crippen LogP contribution is 2.34. The molecule has 1 aromatic carbocycles. The molecule has 25 heavy (non-hydrogen) atoms. The topological polar surface area (TPSA) is 73.3 Å². The largest absolute Gasteiger partial charge is 0.497 e. The molecule has 0 spiro atoms. The van der Waals surface area contributed by atoms with Crippen LogP contribution < -0.4 is 14.8 Å². The SMILES string of the molecule is COc1ccc(-c2csc(NC(=O)/C=C/c3nccs3)n2)c(OC)c1. The first-order chi connectivity index (χ1) is 12.2. The monoisotopic (exact) mass is 373 g/mol. The first-order valence-electron chi connectivity index (χ1n) is 7.26. The number of anilines is 1. The van der Waals surface area contributed by atoms with Crippen LogP contribution in [0.15, 0.2) is 41.2 Å². The summed E-state index contributed by atoms with van der Waals surface area (Å²) in [7, 11) is 3.20. The molecule has 1 N–H and O–H groups in total. The van der Waals surface area contributed by atoms with Gasteiger partial charge in [0, 0.05) is 34.7 Å². The predicted molar refractivity (Wildman–Crippen MR) is 100 cm³/mol. The van der Waals surface area contributed by atoms with E-state index in [1.807, 2.05) is 22.9 Å². The number of nitrogens with zero attached hydrogens (tertiary/aromatic N) is 2. The number of hydrogen-bond acceptors (Lipinski definition) is 7. The molecule has 0 aliphatic heterocycles. The second kappa shape index (κ2) is 7.91. The Balaban J connectivity index is 1.73. The van der Waals surface area contributed by atoms with E-state index in [1.165, 1.54) is 28.7 Å². The number of thiazole rings is 2. The van der Waals surface area contributed by atoms with Gasteiger partial charge in [-0.15, -0.1) is 22.7 Å². The van der Waals surface area contributed by atoms with Crippen LogP contribution in [0.5, 0.6) is 11.5 Å². The lowest BCUT2D eigenvalue weighted by Crippen LogP contribution is -2.07. The normalized spacial score (nSPS) is 10.8. The van der Waals surface area contributed by atoms with Crippen molar-refractivity contribution in [3.8, 4) is 22.8 Å². The Hall–Kier alpha value is -2.71. The van der Waals surface area contributed by atoms with E-state index in [0.29, 0.717) is 16.6 Å². The molecule has 0 fully saturated rings. The molecule has 6 nitrogen and oxygen atoms in total. The number of benzene rings is 1. The number of carbonyl (C=O) groups is 1. The number of ether oxygens (including phenoxy) is 2. The molecule has 0 saturated heterocycles. The van der Waals surface area contributed by atoms with Crippen LogP contribution in [0.4, 0.5) is 5.13 Å². The van der Waals surface area contributed by atoms with Gasteiger partial charge in [0.2, 0.25) is 5.91 Å². The molecule has 1 amide bonds. The van der Waals surface area contributed by atoms with Crippen molar-refractivity contribution in [2.45, 2.75) is 0 Å². The lowest BCUT2D eigenvalue weighted by molar-refractivity contribution is -0.111. The number of carbonyl (C=O) groups excluding carboxylic acids is 1. The van der Waals surface area contributed by atoms with Gasteiger partial charge in [-0.1, -0.05) is 0 Å². The molecular formula is C17H15N3O3S2. The summed E-state index contributed by atoms with van der Waals surface area (Å²) >= 11 is 2.81. The Morgan fingerprint density at radius 2 is 2.12 bits per heavy atom. The van der Waals surface area contributed by atoms with Gasteiger partial charge < -0.3 is 9.47 Å². The van der Waals surface area contributed by atoms with E-state index in [9.17, 15) is 4.79 Å². The van der Waals surface area contributed by atoms with Crippen LogP contribution in [-0.4, -0.2) is 30.1 Å². The molecule has 0 aliphatic rings. The van der Waals surface area contributed by atoms with Crippen molar-refractivity contribution >= 4 is 39.8 Å². The van der Waals surface area contributed by atoms with Crippen molar-refractivity contribution in [1.82, 2.24) is 9.97 Å². The van der Waals surface area contributed by atoms with Crippen LogP contribution in [0.1, 0.15) is 5.01 Å². The molecule has 0 bridgehead atoms. The fourth-order valence-corrected chi connectivity index (χ4v) is 3.32. The smallest absolute Gasteiger partial charge is 0.250 e. The molecule has 2 heterocycles. The molecule has 3 rings (SSSR count). The van der Waals surface area contributed by atoms with Crippen LogP contribution in [0, 0.1) is 0 Å². The maximum atomic E-state index is 12.0. The first-order valence-corrected chi connectivity index (χ1v) is 9.02. The minimum atomic E-state index is -0.252. The summed E-state index contributed by atoms with van der Waals surface area (Å²) in [5.74, 6) is 1.11. The number of nitrogens with one attached hydrogen (secondary N) is 1. The number of aromatic nitrogens is 2. The highest BCUT2D eigenvalue weighted by Gasteiger charge is 2.12. The van der Waals surface area contributed by atoms with E-state index in [-0.39, 0.29) is 5.91 Å². The van der Waals surface area contributed by atoms with Crippen LogP contribution in [0.25, 0.3) is 17.3 Å². The van der Waals surface area contributed by atoms with E-state index in [4.69, 9.17) is 9.47 Å². The summed E-state index contributed by atoms with van der Waals surface area (Å²) in [6, 6.07) is 5.51. The summed E-state index contributed by atoms with van der Waals surface area (Å²) in [4.78, 5) is 20.5. The highest BCUT2D eigenvalue weighted by atomic mass is 32.1. The van der Waals surface area contributed by atoms with Gasteiger partial charge in [-0.2, -0.15) is 0 Å². The third-order valence-electron chi connectivity index (χ3n) is 3.25. The second-order valence-corrected chi connectivity index (χ2v) is 6.58. The van der Waals surface area contributed by atoms with E-state index >= 15 is 0 Å². The summed E-state index contributed by atoms with van der Waals surface area (Å²) < 4.78 is 10.6. The van der Waals surface area contributed by atoms with Gasteiger partial charge >= 0.3 is 0 Å². The molecule has 3 aromatic rings. The van der Waals surface area contributed by atoms with Crippen molar-refractivity contribution in [3.05, 3.63) is 46.2 Å². The molecule has 0 radical (unpaired) electrons. The molecule has 0 aliphatic carbocycles. The lowest BCUT2D eigenvalue weighted by Gasteiger charge is -2.08. The van der Waals surface area contributed by atoms with Gasteiger partial charge in [0.05, 0.1) is 19.9 Å². The molecule has 128 valence electrons. The highest BCUT2D eigenvalue weighted by molar-refractivity contribution is 7.14. The zero-order valence-electron chi connectivity index (χ0n) is 13.6. The number of methoxy groups -OCH3 is 2. The zero-order valence-corrected chi connectivity index (χ0v) is 15.2. The maximum absolute atomic E-state index is 12.0. The Bertz CT molecular complexity index is 888. The van der Waals surface area contributed by atoms with Crippen molar-refractivity contribution < 1.29 is 14.3 Å². The summed E-state index contributed by atoms with van der Waals surface area (Å²) in [5.41, 5.74) is 1.56. The fourth-order valence-electron chi connectivity index (χ4n) is 2.08. The van der Waals surface area contributed by atoms with Crippen molar-refractivity contribution in [3.63, 3.8) is 0 Å². The van der Waals surface area contributed by atoms with Crippen LogP contribution >= 0.6 is 22.7 Å². The Labute approximate surface area is 152 Å². The Kier molecular flexibility index (Phi) is 5.42. The quantitative estimate of drug-likeness (QED) is 0.663. The number of rotatable bonds is 6. The number of amides is 1. The molecular weight excluding hydrogens is 358 g/mol. The molecule has 0 atom stereocenters. The molecule has 8 heteroatoms. The van der Waals surface area contributed by atoms with Gasteiger partial charge in [-0.05, 0) is 18.2 Å².